The molecule has 0 atom stereocenters. The number of aromatic nitrogens is 4. The summed E-state index contributed by atoms with van der Waals surface area (Å²) in [4.78, 5) is 15.9. The Kier molecular flexibility index (Phi) is 7.28. The van der Waals surface area contributed by atoms with Crippen molar-refractivity contribution < 1.29 is 13.2 Å². The van der Waals surface area contributed by atoms with Crippen molar-refractivity contribution in [3.63, 3.8) is 0 Å². The van der Waals surface area contributed by atoms with Crippen LogP contribution in [-0.2, 0) is 21.5 Å². The Balaban J connectivity index is 1.76. The molecule has 1 aromatic carbocycles. The van der Waals surface area contributed by atoms with Crippen molar-refractivity contribution in [2.45, 2.75) is 13.5 Å². The van der Waals surface area contributed by atoms with Crippen LogP contribution in [0.2, 0.25) is 0 Å². The number of aryl methyl sites for hydroxylation is 1. The quantitative estimate of drug-likeness (QED) is 0.375. The molecular weight excluding hydrogens is 470 g/mol. The van der Waals surface area contributed by atoms with E-state index in [1.54, 1.807) is 18.5 Å². The molecule has 3 aromatic rings. The molecule has 4 rings (SSSR count). The summed E-state index contributed by atoms with van der Waals surface area (Å²) in [5.74, 6) is 0.867. The fourth-order valence-corrected chi connectivity index (χ4v) is 4.07. The zero-order chi connectivity index (χ0) is 25.0. The van der Waals surface area contributed by atoms with E-state index in [1.807, 2.05) is 29.7 Å². The number of ether oxygens (including phenoxy) is 1. The maximum absolute atomic E-state index is 12.6. The van der Waals surface area contributed by atoms with Crippen molar-refractivity contribution in [1.82, 2.24) is 28.5 Å². The number of fused-ring (bicyclic) bond motifs is 1. The van der Waals surface area contributed by atoms with E-state index in [0.717, 1.165) is 4.31 Å². The fraction of sp³-hybridized carbons (Fsp3) is 0.364. The van der Waals surface area contributed by atoms with Gasteiger partial charge in [-0.15, -0.1) is 0 Å². The van der Waals surface area contributed by atoms with Gasteiger partial charge in [0.1, 0.15) is 5.82 Å². The predicted molar refractivity (Wildman–Crippen MR) is 135 cm³/mol. The van der Waals surface area contributed by atoms with Gasteiger partial charge in [-0.3, -0.25) is 4.72 Å². The van der Waals surface area contributed by atoms with E-state index in [2.05, 4.69) is 29.9 Å². The molecule has 0 aliphatic carbocycles. The standard InChI is InChI=1S/C22H29N9O3S/c1-4-30-15-24-19-20(30)26-22(27-21(19)31-10-12-34-13-11-31)25-18(28-35(32,33)29(2)3)14-17(23)16-8-6-5-7-9-16/h5-9,14-15,23,28H,4,10-13H2,1-3H3,(H,25,26,27)/b18-14-,23-17?. The third-order valence-corrected chi connectivity index (χ3v) is 6.88. The number of hydrogen-bond donors (Lipinski definition) is 3. The number of nitrogens with zero attached hydrogens (tertiary/aromatic N) is 6. The van der Waals surface area contributed by atoms with E-state index >= 15 is 0 Å². The molecule has 3 heterocycles. The van der Waals surface area contributed by atoms with Gasteiger partial charge < -0.3 is 24.9 Å². The highest BCUT2D eigenvalue weighted by molar-refractivity contribution is 7.87. The van der Waals surface area contributed by atoms with Crippen LogP contribution in [0.4, 0.5) is 11.8 Å². The number of allylic oxidation sites excluding steroid dienone is 1. The molecule has 2 aromatic heterocycles. The second kappa shape index (κ2) is 10.4. The van der Waals surface area contributed by atoms with Crippen molar-refractivity contribution in [2.75, 3.05) is 50.6 Å². The molecule has 0 spiro atoms. The molecule has 35 heavy (non-hydrogen) atoms. The maximum atomic E-state index is 12.6. The van der Waals surface area contributed by atoms with E-state index in [0.29, 0.717) is 55.4 Å². The second-order valence-corrected chi connectivity index (χ2v) is 9.91. The summed E-state index contributed by atoms with van der Waals surface area (Å²) < 4.78 is 36.1. The monoisotopic (exact) mass is 499 g/mol. The third-order valence-electron chi connectivity index (χ3n) is 5.44. The van der Waals surface area contributed by atoms with Gasteiger partial charge in [-0.25, -0.2) is 4.98 Å². The molecule has 1 saturated heterocycles. The average molecular weight is 500 g/mol. The fourth-order valence-electron chi connectivity index (χ4n) is 3.50. The molecule has 13 heteroatoms. The normalized spacial score (nSPS) is 15.0. The van der Waals surface area contributed by atoms with Crippen LogP contribution in [0, 0.1) is 5.41 Å². The summed E-state index contributed by atoms with van der Waals surface area (Å²) in [6.07, 6.45) is 3.11. The van der Waals surface area contributed by atoms with Crippen molar-refractivity contribution in [3.05, 3.63) is 54.1 Å². The Morgan fingerprint density at radius 2 is 1.91 bits per heavy atom. The summed E-state index contributed by atoms with van der Waals surface area (Å²) in [7, 11) is -1.03. The molecular formula is C22H29N9O3S. The van der Waals surface area contributed by atoms with Crippen molar-refractivity contribution >= 4 is 38.9 Å². The smallest absolute Gasteiger partial charge is 0.302 e. The topological polar surface area (TPSA) is 141 Å². The minimum Gasteiger partial charge on any atom is -0.378 e. The van der Waals surface area contributed by atoms with Crippen LogP contribution >= 0.6 is 0 Å². The van der Waals surface area contributed by atoms with Crippen molar-refractivity contribution in [2.24, 2.45) is 0 Å². The summed E-state index contributed by atoms with van der Waals surface area (Å²) in [5.41, 5.74) is 2.03. The highest BCUT2D eigenvalue weighted by Crippen LogP contribution is 2.25. The molecule has 1 fully saturated rings. The number of morpholine rings is 1. The predicted octanol–water partition coefficient (Wildman–Crippen LogP) is 1.40. The molecule has 1 aliphatic heterocycles. The van der Waals surface area contributed by atoms with E-state index in [-0.39, 0.29) is 17.5 Å². The SMILES string of the molecule is CCn1cnc2c(N3CCOCC3)nc(N/C(=C/C(=N)c3ccccc3)NS(=O)(=O)N(C)C)nc21. The number of nitrogens with one attached hydrogen (secondary N) is 3. The van der Waals surface area contributed by atoms with Gasteiger partial charge in [0.05, 0.1) is 25.3 Å². The van der Waals surface area contributed by atoms with Gasteiger partial charge in [-0.1, -0.05) is 30.3 Å². The Labute approximate surface area is 204 Å². The maximum Gasteiger partial charge on any atom is 0.302 e. The highest BCUT2D eigenvalue weighted by atomic mass is 32.2. The number of benzene rings is 1. The number of hydrogen-bond acceptors (Lipinski definition) is 9. The molecule has 12 nitrogen and oxygen atoms in total. The molecule has 0 amide bonds. The average Bonchev–Trinajstić information content (AvgIpc) is 3.27. The van der Waals surface area contributed by atoms with Crippen molar-refractivity contribution in [3.8, 4) is 0 Å². The van der Waals surface area contributed by atoms with Gasteiger partial charge in [0.2, 0.25) is 5.95 Å². The lowest BCUT2D eigenvalue weighted by Gasteiger charge is -2.28. The van der Waals surface area contributed by atoms with Crippen LogP contribution in [-0.4, -0.2) is 78.4 Å². The number of anilines is 2. The Morgan fingerprint density at radius 1 is 1.20 bits per heavy atom. The molecule has 186 valence electrons. The minimum atomic E-state index is -3.86. The third kappa shape index (κ3) is 5.58. The van der Waals surface area contributed by atoms with E-state index < -0.39 is 10.2 Å². The molecule has 3 N–H and O–H groups in total. The van der Waals surface area contributed by atoms with E-state index in [4.69, 9.17) is 10.1 Å². The van der Waals surface area contributed by atoms with E-state index in [1.165, 1.54) is 20.2 Å². The second-order valence-electron chi connectivity index (χ2n) is 8.03. The summed E-state index contributed by atoms with van der Waals surface area (Å²) in [6, 6.07) is 9.02. The zero-order valence-corrected chi connectivity index (χ0v) is 20.7. The van der Waals surface area contributed by atoms with Crippen LogP contribution in [0.5, 0.6) is 0 Å². The molecule has 0 saturated carbocycles. The van der Waals surface area contributed by atoms with Crippen molar-refractivity contribution in [1.29, 1.82) is 5.41 Å². The number of imidazole rings is 1. The lowest BCUT2D eigenvalue weighted by atomic mass is 10.1. The van der Waals surface area contributed by atoms with Crippen LogP contribution in [0.3, 0.4) is 0 Å². The molecule has 0 unspecified atom stereocenters. The van der Waals surface area contributed by atoms with Gasteiger partial charge in [-0.05, 0) is 12.5 Å². The van der Waals surface area contributed by atoms with E-state index in [9.17, 15) is 8.42 Å². The first-order valence-electron chi connectivity index (χ1n) is 11.2. The molecule has 0 radical (unpaired) electrons. The Morgan fingerprint density at radius 3 is 2.57 bits per heavy atom. The van der Waals surface area contributed by atoms with Crippen LogP contribution in [0.25, 0.3) is 11.2 Å². The van der Waals surface area contributed by atoms with Crippen LogP contribution in [0.15, 0.2) is 48.6 Å². The lowest BCUT2D eigenvalue weighted by Crippen LogP contribution is -2.38. The minimum absolute atomic E-state index is 0.0439. The Bertz CT molecular complexity index is 1330. The van der Waals surface area contributed by atoms with Gasteiger partial charge in [-0.2, -0.15) is 22.7 Å². The van der Waals surface area contributed by atoms with Gasteiger partial charge in [0.15, 0.2) is 17.0 Å². The van der Waals surface area contributed by atoms with Crippen LogP contribution in [0.1, 0.15) is 12.5 Å². The molecule has 1 aliphatic rings. The first kappa shape index (κ1) is 24.6. The summed E-state index contributed by atoms with van der Waals surface area (Å²) in [5, 5.41) is 11.5. The zero-order valence-electron chi connectivity index (χ0n) is 19.9. The molecule has 0 bridgehead atoms. The largest absolute Gasteiger partial charge is 0.378 e. The van der Waals surface area contributed by atoms with Gasteiger partial charge in [0.25, 0.3) is 0 Å². The number of rotatable bonds is 9. The van der Waals surface area contributed by atoms with Crippen LogP contribution < -0.4 is 14.9 Å². The first-order valence-corrected chi connectivity index (χ1v) is 12.6. The Hall–Kier alpha value is -3.55. The van der Waals surface area contributed by atoms with Gasteiger partial charge in [0, 0.05) is 39.8 Å². The lowest BCUT2D eigenvalue weighted by molar-refractivity contribution is 0.122. The highest BCUT2D eigenvalue weighted by Gasteiger charge is 2.22. The van der Waals surface area contributed by atoms with Gasteiger partial charge >= 0.3 is 10.2 Å². The summed E-state index contributed by atoms with van der Waals surface area (Å²) >= 11 is 0. The first-order chi connectivity index (χ1) is 16.8. The summed E-state index contributed by atoms with van der Waals surface area (Å²) in [6.45, 7) is 5.10.